The van der Waals surface area contributed by atoms with Crippen molar-refractivity contribution in [2.24, 2.45) is 16.7 Å². The molecule has 15 heteroatoms. The van der Waals surface area contributed by atoms with E-state index in [0.717, 1.165) is 75.5 Å². The molecule has 2 atom stereocenters. The quantitative estimate of drug-likeness (QED) is 0.202. The molecule has 4 aromatic rings. The molecule has 4 amide bonds. The zero-order valence-electron chi connectivity index (χ0n) is 35.6. The highest BCUT2D eigenvalue weighted by Gasteiger charge is 2.64. The van der Waals surface area contributed by atoms with Crippen LogP contribution in [0.3, 0.4) is 0 Å². The summed E-state index contributed by atoms with van der Waals surface area (Å²) in [6.45, 7) is 14.7. The number of carbonyl (C=O) groups excluding carboxylic acids is 4. The number of benzene rings is 2. The molecule has 2 aromatic carbocycles. The minimum atomic E-state index is -1.24. The van der Waals surface area contributed by atoms with Gasteiger partial charge in [0.15, 0.2) is 6.23 Å². The predicted molar refractivity (Wildman–Crippen MR) is 231 cm³/mol. The van der Waals surface area contributed by atoms with Crippen molar-refractivity contribution in [2.45, 2.75) is 77.8 Å². The summed E-state index contributed by atoms with van der Waals surface area (Å²) in [5.74, 6) is 0.633. The fourth-order valence-corrected chi connectivity index (χ4v) is 10.9. The molecule has 62 heavy (non-hydrogen) atoms. The molecule has 4 fully saturated rings. The van der Waals surface area contributed by atoms with E-state index < -0.39 is 24.1 Å². The predicted octanol–water partition coefficient (Wildman–Crippen LogP) is 4.40. The van der Waals surface area contributed by atoms with E-state index in [-0.39, 0.29) is 47.6 Å². The van der Waals surface area contributed by atoms with Crippen LogP contribution < -0.4 is 25.2 Å². The SMILES string of the molecule is CC1(C)C(NC(=O)c2ccc(N3CCC(CN4CCN(c5ccc6c(c5)C(O)N(C5CCC(=O)NC5=O)C6=O)CC4)CC3)nc2)C(C)(C)C1Oc1ccc(C#N)c2ncccc12. The molecule has 15 nitrogen and oxygen atoms in total. The summed E-state index contributed by atoms with van der Waals surface area (Å²) in [6.07, 6.45) is 4.33. The van der Waals surface area contributed by atoms with Crippen molar-refractivity contribution in [2.75, 3.05) is 55.6 Å². The van der Waals surface area contributed by atoms with Crippen LogP contribution >= 0.6 is 0 Å². The number of nitriles is 1. The molecule has 5 aliphatic rings. The summed E-state index contributed by atoms with van der Waals surface area (Å²) < 4.78 is 6.65. The van der Waals surface area contributed by atoms with E-state index in [0.29, 0.717) is 39.4 Å². The van der Waals surface area contributed by atoms with Crippen molar-refractivity contribution < 1.29 is 29.0 Å². The number of nitrogens with zero attached hydrogens (tertiary/aromatic N) is 7. The van der Waals surface area contributed by atoms with Crippen molar-refractivity contribution in [3.63, 3.8) is 0 Å². The highest BCUT2D eigenvalue weighted by molar-refractivity contribution is 6.06. The number of piperidine rings is 2. The number of hydrogen-bond acceptors (Lipinski definition) is 12. The number of rotatable bonds is 9. The normalized spacial score (nSPS) is 24.9. The van der Waals surface area contributed by atoms with E-state index in [4.69, 9.17) is 9.72 Å². The van der Waals surface area contributed by atoms with Crippen molar-refractivity contribution in [1.82, 2.24) is 30.4 Å². The molecule has 322 valence electrons. The molecule has 3 N–H and O–H groups in total. The summed E-state index contributed by atoms with van der Waals surface area (Å²) in [5, 5.41) is 27.1. The van der Waals surface area contributed by atoms with Crippen molar-refractivity contribution in [1.29, 1.82) is 5.26 Å². The largest absolute Gasteiger partial charge is 0.488 e. The topological polar surface area (TPSA) is 184 Å². The second-order valence-electron chi connectivity index (χ2n) is 18.6. The minimum Gasteiger partial charge on any atom is -0.488 e. The number of aliphatic hydroxyl groups excluding tert-OH is 1. The molecule has 0 radical (unpaired) electrons. The number of anilines is 2. The van der Waals surface area contributed by atoms with Gasteiger partial charge in [0.25, 0.3) is 11.8 Å². The van der Waals surface area contributed by atoms with Gasteiger partial charge in [0.2, 0.25) is 11.8 Å². The highest BCUT2D eigenvalue weighted by Crippen LogP contribution is 2.56. The standard InChI is InChI=1S/C47H53N9O6/c1-46(2)44(47(3,4)45(46)62-36-12-7-29(25-48)39-33(36)6-5-17-49-39)52-40(58)30-8-13-37(50-26-30)55-18-15-28(16-19-55)27-53-20-22-54(23-21-53)31-9-10-32-34(24-31)43(61)56(42(32)60)35-11-14-38(57)51-41(35)59/h5-10,12-13,17,24,26,28,35,43-45,61H,11,14-16,18-23,27H2,1-4H3,(H,52,58)(H,51,57,59). The third-order valence-corrected chi connectivity index (χ3v) is 14.0. The molecule has 2 aromatic heterocycles. The van der Waals surface area contributed by atoms with Crippen LogP contribution in [0.15, 0.2) is 67.0 Å². The second-order valence-corrected chi connectivity index (χ2v) is 18.6. The lowest BCUT2D eigenvalue weighted by atomic mass is 9.49. The monoisotopic (exact) mass is 839 g/mol. The number of aromatic nitrogens is 2. The summed E-state index contributed by atoms with van der Waals surface area (Å²) in [5.41, 5.74) is 2.69. The van der Waals surface area contributed by atoms with E-state index in [2.05, 4.69) is 64.1 Å². The van der Waals surface area contributed by atoms with Gasteiger partial charge < -0.3 is 25.0 Å². The third-order valence-electron chi connectivity index (χ3n) is 14.0. The first-order valence-electron chi connectivity index (χ1n) is 21.7. The molecule has 1 aliphatic carbocycles. The number of hydrogen-bond donors (Lipinski definition) is 3. The molecular formula is C47H53N9O6. The molecule has 4 aliphatic heterocycles. The van der Waals surface area contributed by atoms with Gasteiger partial charge in [-0.1, -0.05) is 27.7 Å². The van der Waals surface area contributed by atoms with Crippen LogP contribution in [0.4, 0.5) is 11.5 Å². The lowest BCUT2D eigenvalue weighted by Gasteiger charge is -2.63. The highest BCUT2D eigenvalue weighted by atomic mass is 16.5. The van der Waals surface area contributed by atoms with E-state index in [1.807, 2.05) is 42.5 Å². The first-order chi connectivity index (χ1) is 29.7. The average Bonchev–Trinajstić information content (AvgIpc) is 3.52. The zero-order valence-corrected chi connectivity index (χ0v) is 35.6. The van der Waals surface area contributed by atoms with Gasteiger partial charge in [0.1, 0.15) is 29.8 Å². The van der Waals surface area contributed by atoms with Crippen LogP contribution in [0.5, 0.6) is 5.75 Å². The van der Waals surface area contributed by atoms with Gasteiger partial charge in [-0.25, -0.2) is 4.98 Å². The molecular weight excluding hydrogens is 787 g/mol. The lowest BCUT2D eigenvalue weighted by Crippen LogP contribution is -2.74. The Labute approximate surface area is 361 Å². The van der Waals surface area contributed by atoms with Crippen LogP contribution in [0.1, 0.15) is 91.4 Å². The number of fused-ring (bicyclic) bond motifs is 2. The van der Waals surface area contributed by atoms with Gasteiger partial charge in [0, 0.05) is 104 Å². The van der Waals surface area contributed by atoms with Gasteiger partial charge in [-0.15, -0.1) is 0 Å². The molecule has 1 saturated carbocycles. The van der Waals surface area contributed by atoms with E-state index in [1.165, 1.54) is 4.90 Å². The second kappa shape index (κ2) is 16.0. The molecule has 0 spiro atoms. The van der Waals surface area contributed by atoms with Gasteiger partial charge in [-0.3, -0.25) is 39.3 Å². The summed E-state index contributed by atoms with van der Waals surface area (Å²) >= 11 is 0. The maximum Gasteiger partial charge on any atom is 0.257 e. The molecule has 2 unspecified atom stereocenters. The first kappa shape index (κ1) is 41.3. The van der Waals surface area contributed by atoms with Gasteiger partial charge in [-0.05, 0) is 79.8 Å². The number of ether oxygens (including phenoxy) is 1. The van der Waals surface area contributed by atoms with E-state index >= 15 is 0 Å². The van der Waals surface area contributed by atoms with Gasteiger partial charge in [0.05, 0.1) is 16.6 Å². The van der Waals surface area contributed by atoms with Gasteiger partial charge >= 0.3 is 0 Å². The van der Waals surface area contributed by atoms with E-state index in [9.17, 15) is 29.5 Å². The fraction of sp³-hybridized carbons (Fsp3) is 0.468. The number of nitrogens with one attached hydrogen (secondary N) is 2. The van der Waals surface area contributed by atoms with Crippen LogP contribution in [0, 0.1) is 28.1 Å². The summed E-state index contributed by atoms with van der Waals surface area (Å²) in [4.78, 5) is 68.4. The van der Waals surface area contributed by atoms with Crippen LogP contribution in [-0.2, 0) is 9.59 Å². The summed E-state index contributed by atoms with van der Waals surface area (Å²) in [6, 6.07) is 17.8. The first-order valence-corrected chi connectivity index (χ1v) is 21.7. The lowest BCUT2D eigenvalue weighted by molar-refractivity contribution is -0.163. The fourth-order valence-electron chi connectivity index (χ4n) is 10.9. The van der Waals surface area contributed by atoms with Crippen LogP contribution in [0.2, 0.25) is 0 Å². The smallest absolute Gasteiger partial charge is 0.257 e. The van der Waals surface area contributed by atoms with Crippen LogP contribution in [-0.4, -0.2) is 113 Å². The Bertz CT molecular complexity index is 2450. The van der Waals surface area contributed by atoms with E-state index in [1.54, 1.807) is 24.5 Å². The Morgan fingerprint density at radius 2 is 1.69 bits per heavy atom. The number of carbonyl (C=O) groups is 4. The van der Waals surface area contributed by atoms with Gasteiger partial charge in [-0.2, -0.15) is 5.26 Å². The Kier molecular flexibility index (Phi) is 10.6. The molecule has 0 bridgehead atoms. The summed E-state index contributed by atoms with van der Waals surface area (Å²) in [7, 11) is 0. The van der Waals surface area contributed by atoms with Crippen molar-refractivity contribution in [3.8, 4) is 11.8 Å². The average molecular weight is 840 g/mol. The number of aliphatic hydroxyl groups is 1. The number of pyridine rings is 2. The maximum absolute atomic E-state index is 13.6. The zero-order chi connectivity index (χ0) is 43.5. The molecule has 9 rings (SSSR count). The molecule has 6 heterocycles. The number of imide groups is 1. The minimum absolute atomic E-state index is 0.128. The Balaban J connectivity index is 0.739. The Morgan fingerprint density at radius 1 is 0.935 bits per heavy atom. The Morgan fingerprint density at radius 3 is 2.39 bits per heavy atom. The Hall–Kier alpha value is -6.11. The maximum atomic E-state index is 13.6. The molecule has 3 saturated heterocycles. The number of amides is 4. The van der Waals surface area contributed by atoms with Crippen molar-refractivity contribution in [3.05, 3.63) is 89.2 Å². The third kappa shape index (κ3) is 7.28. The van der Waals surface area contributed by atoms with Crippen LogP contribution in [0.25, 0.3) is 10.9 Å². The number of piperazine rings is 1. The van der Waals surface area contributed by atoms with Crippen molar-refractivity contribution >= 4 is 46.0 Å².